The molecule has 0 bridgehead atoms. The molecule has 0 aliphatic carbocycles. The molecule has 1 aliphatic heterocycles. The molecule has 2 N–H and O–H groups in total. The van der Waals surface area contributed by atoms with Gasteiger partial charge in [0.2, 0.25) is 5.91 Å². The molecule has 1 saturated heterocycles. The molecular formula is C15H22N2O2. The van der Waals surface area contributed by atoms with Crippen molar-refractivity contribution in [3.63, 3.8) is 0 Å². The van der Waals surface area contributed by atoms with E-state index in [1.807, 2.05) is 31.3 Å². The van der Waals surface area contributed by atoms with E-state index in [4.69, 9.17) is 10.5 Å². The second-order valence-electron chi connectivity index (χ2n) is 5.07. The van der Waals surface area contributed by atoms with Gasteiger partial charge in [-0.3, -0.25) is 4.79 Å². The molecule has 104 valence electrons. The van der Waals surface area contributed by atoms with E-state index in [2.05, 4.69) is 6.92 Å². The zero-order valence-corrected chi connectivity index (χ0v) is 11.6. The summed E-state index contributed by atoms with van der Waals surface area (Å²) >= 11 is 0. The number of nitrogens with zero attached hydrogens (tertiary/aromatic N) is 1. The van der Waals surface area contributed by atoms with E-state index < -0.39 is 0 Å². The Morgan fingerprint density at radius 3 is 3.00 bits per heavy atom. The number of carbonyl (C=O) groups is 1. The minimum atomic E-state index is -0.0496. The van der Waals surface area contributed by atoms with Crippen LogP contribution in [0.5, 0.6) is 5.75 Å². The molecule has 0 aromatic heterocycles. The van der Waals surface area contributed by atoms with E-state index in [1.54, 1.807) is 4.90 Å². The third-order valence-electron chi connectivity index (χ3n) is 3.58. The van der Waals surface area contributed by atoms with Crippen molar-refractivity contribution in [1.82, 2.24) is 4.90 Å². The summed E-state index contributed by atoms with van der Waals surface area (Å²) in [6.45, 7) is 2.78. The van der Waals surface area contributed by atoms with Crippen LogP contribution < -0.4 is 10.5 Å². The first-order chi connectivity index (χ1) is 9.13. The third kappa shape index (κ3) is 3.07. The fourth-order valence-corrected chi connectivity index (χ4v) is 2.55. The van der Waals surface area contributed by atoms with Crippen LogP contribution in [0, 0.1) is 0 Å². The molecule has 2 atom stereocenters. The van der Waals surface area contributed by atoms with Gasteiger partial charge in [0.15, 0.2) is 0 Å². The van der Waals surface area contributed by atoms with Crippen LogP contribution in [0.25, 0.3) is 0 Å². The smallest absolute Gasteiger partial charge is 0.222 e. The van der Waals surface area contributed by atoms with Gasteiger partial charge in [0.1, 0.15) is 5.75 Å². The van der Waals surface area contributed by atoms with Crippen LogP contribution in [0.2, 0.25) is 0 Å². The predicted molar refractivity (Wildman–Crippen MR) is 74.9 cm³/mol. The molecule has 1 aromatic carbocycles. The number of hydrogen-bond donors (Lipinski definition) is 1. The average Bonchev–Trinajstić information content (AvgIpc) is 2.42. The molecule has 0 saturated carbocycles. The molecule has 2 rings (SSSR count). The van der Waals surface area contributed by atoms with Crippen molar-refractivity contribution in [3.8, 4) is 5.75 Å². The summed E-state index contributed by atoms with van der Waals surface area (Å²) in [6, 6.07) is 7.85. The van der Waals surface area contributed by atoms with Crippen LogP contribution in [-0.4, -0.2) is 30.5 Å². The number of likely N-dealkylation sites (N-methyl/N-ethyl adjacent to an activating group) is 1. The molecule has 0 spiro atoms. The molecule has 0 radical (unpaired) electrons. The monoisotopic (exact) mass is 262 g/mol. The van der Waals surface area contributed by atoms with E-state index in [0.717, 1.165) is 24.2 Å². The summed E-state index contributed by atoms with van der Waals surface area (Å²) in [4.78, 5) is 13.6. The fourth-order valence-electron chi connectivity index (χ4n) is 2.55. The normalized spacial score (nSPS) is 23.5. The Bertz CT molecular complexity index is 448. The molecule has 1 aromatic rings. The first-order valence-electron chi connectivity index (χ1n) is 6.87. The zero-order chi connectivity index (χ0) is 13.8. The highest BCUT2D eigenvalue weighted by molar-refractivity contribution is 5.77. The largest absolute Gasteiger partial charge is 0.494 e. The topological polar surface area (TPSA) is 55.6 Å². The van der Waals surface area contributed by atoms with Crippen LogP contribution in [0.1, 0.15) is 37.8 Å². The number of amides is 1. The molecule has 2 unspecified atom stereocenters. The van der Waals surface area contributed by atoms with Crippen LogP contribution in [0.3, 0.4) is 0 Å². The standard InChI is InChI=1S/C15H22N2O2/c1-3-9-19-12-6-4-5-11(10-12)15-13(16)7-8-14(18)17(15)2/h4-6,10,13,15H,3,7-9,16H2,1-2H3. The summed E-state index contributed by atoms with van der Waals surface area (Å²) in [6.07, 6.45) is 2.26. The van der Waals surface area contributed by atoms with Crippen molar-refractivity contribution < 1.29 is 9.53 Å². The number of carbonyl (C=O) groups excluding carboxylic acids is 1. The maximum atomic E-state index is 11.8. The Hall–Kier alpha value is -1.55. The maximum absolute atomic E-state index is 11.8. The average molecular weight is 262 g/mol. The van der Waals surface area contributed by atoms with Crippen molar-refractivity contribution in [3.05, 3.63) is 29.8 Å². The van der Waals surface area contributed by atoms with Gasteiger partial charge in [-0.25, -0.2) is 0 Å². The third-order valence-corrected chi connectivity index (χ3v) is 3.58. The van der Waals surface area contributed by atoms with E-state index in [0.29, 0.717) is 13.0 Å². The molecule has 1 fully saturated rings. The second kappa shape index (κ2) is 6.06. The highest BCUT2D eigenvalue weighted by Crippen LogP contribution is 2.31. The van der Waals surface area contributed by atoms with Crippen molar-refractivity contribution in [2.24, 2.45) is 5.73 Å². The number of ether oxygens (including phenoxy) is 1. The van der Waals surface area contributed by atoms with Crippen molar-refractivity contribution in [2.75, 3.05) is 13.7 Å². The second-order valence-corrected chi connectivity index (χ2v) is 5.07. The van der Waals surface area contributed by atoms with Crippen molar-refractivity contribution in [1.29, 1.82) is 0 Å². The Labute approximate surface area is 114 Å². The molecule has 4 nitrogen and oxygen atoms in total. The molecular weight excluding hydrogens is 240 g/mol. The summed E-state index contributed by atoms with van der Waals surface area (Å²) in [7, 11) is 1.82. The number of rotatable bonds is 4. The van der Waals surface area contributed by atoms with Gasteiger partial charge in [0.05, 0.1) is 12.6 Å². The summed E-state index contributed by atoms with van der Waals surface area (Å²) in [5.74, 6) is 1.00. The predicted octanol–water partition coefficient (Wildman–Crippen LogP) is 2.10. The summed E-state index contributed by atoms with van der Waals surface area (Å²) in [5.41, 5.74) is 7.23. The lowest BCUT2D eigenvalue weighted by atomic mass is 9.91. The highest BCUT2D eigenvalue weighted by Gasteiger charge is 2.32. The van der Waals surface area contributed by atoms with Crippen molar-refractivity contribution >= 4 is 5.91 Å². The molecule has 1 heterocycles. The minimum absolute atomic E-state index is 0.0101. The number of piperidine rings is 1. The van der Waals surface area contributed by atoms with Gasteiger partial charge in [0.25, 0.3) is 0 Å². The maximum Gasteiger partial charge on any atom is 0.222 e. The van der Waals surface area contributed by atoms with Gasteiger partial charge in [-0.05, 0) is 30.5 Å². The van der Waals surface area contributed by atoms with Crippen molar-refractivity contribution in [2.45, 2.75) is 38.3 Å². The first-order valence-corrected chi connectivity index (χ1v) is 6.87. The van der Waals surface area contributed by atoms with E-state index in [-0.39, 0.29) is 18.0 Å². The molecule has 4 heteroatoms. The van der Waals surface area contributed by atoms with Gasteiger partial charge in [-0.1, -0.05) is 19.1 Å². The van der Waals surface area contributed by atoms with Gasteiger partial charge in [0, 0.05) is 19.5 Å². The molecule has 1 amide bonds. The Morgan fingerprint density at radius 2 is 2.26 bits per heavy atom. The molecule has 19 heavy (non-hydrogen) atoms. The van der Waals surface area contributed by atoms with Gasteiger partial charge < -0.3 is 15.4 Å². The lowest BCUT2D eigenvalue weighted by Crippen LogP contribution is -2.46. The number of likely N-dealkylation sites (tertiary alicyclic amines) is 1. The lowest BCUT2D eigenvalue weighted by molar-refractivity contribution is -0.135. The van der Waals surface area contributed by atoms with E-state index in [9.17, 15) is 4.79 Å². The van der Waals surface area contributed by atoms with Crippen LogP contribution in [0.15, 0.2) is 24.3 Å². The first kappa shape index (κ1) is 13.9. The van der Waals surface area contributed by atoms with Crippen LogP contribution in [0.4, 0.5) is 0 Å². The van der Waals surface area contributed by atoms with Crippen LogP contribution in [-0.2, 0) is 4.79 Å². The fraction of sp³-hybridized carbons (Fsp3) is 0.533. The Kier molecular flexibility index (Phi) is 4.43. The Balaban J connectivity index is 2.21. The number of hydrogen-bond acceptors (Lipinski definition) is 3. The quantitative estimate of drug-likeness (QED) is 0.904. The van der Waals surface area contributed by atoms with E-state index >= 15 is 0 Å². The van der Waals surface area contributed by atoms with Gasteiger partial charge >= 0.3 is 0 Å². The summed E-state index contributed by atoms with van der Waals surface area (Å²) in [5, 5.41) is 0. The number of nitrogens with two attached hydrogens (primary N) is 1. The highest BCUT2D eigenvalue weighted by atomic mass is 16.5. The zero-order valence-electron chi connectivity index (χ0n) is 11.6. The Morgan fingerprint density at radius 1 is 1.47 bits per heavy atom. The van der Waals surface area contributed by atoms with Crippen LogP contribution >= 0.6 is 0 Å². The SMILES string of the molecule is CCCOc1cccc(C2C(N)CCC(=O)N2C)c1. The van der Waals surface area contributed by atoms with E-state index in [1.165, 1.54) is 0 Å². The lowest BCUT2D eigenvalue weighted by Gasteiger charge is -2.37. The number of benzene rings is 1. The van der Waals surface area contributed by atoms with Gasteiger partial charge in [-0.2, -0.15) is 0 Å². The summed E-state index contributed by atoms with van der Waals surface area (Å²) < 4.78 is 5.64. The minimum Gasteiger partial charge on any atom is -0.494 e. The molecule has 1 aliphatic rings. The van der Waals surface area contributed by atoms with Gasteiger partial charge in [-0.15, -0.1) is 0 Å².